The predicted molar refractivity (Wildman–Crippen MR) is 63.5 cm³/mol. The summed E-state index contributed by atoms with van der Waals surface area (Å²) >= 11 is 5.81. The number of alkyl halides is 3. The molecule has 0 atom stereocenters. The maximum atomic E-state index is 12.5. The van der Waals surface area contributed by atoms with Gasteiger partial charge in [-0.2, -0.15) is 13.2 Å². The van der Waals surface area contributed by atoms with Crippen LogP contribution in [-0.2, 0) is 6.18 Å². The van der Waals surface area contributed by atoms with Crippen LogP contribution < -0.4 is 10.6 Å². The molecule has 6 heteroatoms. The van der Waals surface area contributed by atoms with E-state index in [2.05, 4.69) is 10.6 Å². The molecular formula is C11H14ClF3N2. The molecule has 0 aromatic heterocycles. The Kier molecular flexibility index (Phi) is 5.08. The first-order valence-corrected chi connectivity index (χ1v) is 5.58. The van der Waals surface area contributed by atoms with Gasteiger partial charge in [-0.25, -0.2) is 0 Å². The molecule has 1 rings (SSSR count). The zero-order chi connectivity index (χ0) is 12.9. The molecule has 0 aliphatic rings. The Balaban J connectivity index is 2.70. The van der Waals surface area contributed by atoms with Gasteiger partial charge >= 0.3 is 6.18 Å². The molecule has 0 saturated heterocycles. The SMILES string of the molecule is CNCCCNc1cc(C(F)(F)F)ccc1Cl. The summed E-state index contributed by atoms with van der Waals surface area (Å²) < 4.78 is 37.4. The lowest BCUT2D eigenvalue weighted by atomic mass is 10.2. The van der Waals surface area contributed by atoms with E-state index >= 15 is 0 Å². The summed E-state index contributed by atoms with van der Waals surface area (Å²) in [6, 6.07) is 3.26. The van der Waals surface area contributed by atoms with E-state index in [1.54, 1.807) is 0 Å². The summed E-state index contributed by atoms with van der Waals surface area (Å²) in [5, 5.41) is 6.13. The van der Waals surface area contributed by atoms with Crippen molar-refractivity contribution < 1.29 is 13.2 Å². The maximum absolute atomic E-state index is 12.5. The van der Waals surface area contributed by atoms with E-state index in [0.717, 1.165) is 25.1 Å². The van der Waals surface area contributed by atoms with Crippen molar-refractivity contribution >= 4 is 17.3 Å². The Hall–Kier alpha value is -0.940. The van der Waals surface area contributed by atoms with Crippen LogP contribution in [0.25, 0.3) is 0 Å². The van der Waals surface area contributed by atoms with E-state index in [4.69, 9.17) is 11.6 Å². The summed E-state index contributed by atoms with van der Waals surface area (Å²) in [6.45, 7) is 1.37. The second-order valence-electron chi connectivity index (χ2n) is 3.58. The summed E-state index contributed by atoms with van der Waals surface area (Å²) in [5.41, 5.74) is -0.379. The topological polar surface area (TPSA) is 24.1 Å². The molecule has 0 saturated carbocycles. The van der Waals surface area contributed by atoms with Crippen LogP contribution >= 0.6 is 11.6 Å². The summed E-state index contributed by atoms with van der Waals surface area (Å²) in [6.07, 6.45) is -3.53. The largest absolute Gasteiger partial charge is 0.416 e. The van der Waals surface area contributed by atoms with E-state index < -0.39 is 11.7 Å². The second kappa shape index (κ2) is 6.12. The van der Waals surface area contributed by atoms with Crippen molar-refractivity contribution in [3.63, 3.8) is 0 Å². The molecule has 1 aromatic carbocycles. The first-order valence-electron chi connectivity index (χ1n) is 5.20. The highest BCUT2D eigenvalue weighted by Crippen LogP contribution is 2.33. The van der Waals surface area contributed by atoms with Crippen molar-refractivity contribution in [3.8, 4) is 0 Å². The van der Waals surface area contributed by atoms with E-state index in [-0.39, 0.29) is 0 Å². The standard InChI is InChI=1S/C11H14ClF3N2/c1-16-5-2-6-17-10-7-8(11(13,14)15)3-4-9(10)12/h3-4,7,16-17H,2,5-6H2,1H3. The predicted octanol–water partition coefficient (Wildman–Crippen LogP) is 3.38. The lowest BCUT2D eigenvalue weighted by Crippen LogP contribution is -2.13. The lowest BCUT2D eigenvalue weighted by molar-refractivity contribution is -0.137. The van der Waals surface area contributed by atoms with Crippen LogP contribution in [0.2, 0.25) is 5.02 Å². The third kappa shape index (κ3) is 4.44. The molecule has 0 aliphatic carbocycles. The first kappa shape index (κ1) is 14.1. The smallest absolute Gasteiger partial charge is 0.384 e. The molecule has 0 amide bonds. The molecule has 0 unspecified atom stereocenters. The Bertz CT molecular complexity index is 366. The fourth-order valence-corrected chi connectivity index (χ4v) is 1.51. The van der Waals surface area contributed by atoms with Gasteiger partial charge in [-0.1, -0.05) is 11.6 Å². The molecule has 2 nitrogen and oxygen atoms in total. The molecule has 96 valence electrons. The number of hydrogen-bond acceptors (Lipinski definition) is 2. The highest BCUT2D eigenvalue weighted by molar-refractivity contribution is 6.33. The van der Waals surface area contributed by atoms with Gasteiger partial charge in [0.1, 0.15) is 0 Å². The minimum atomic E-state index is -4.34. The summed E-state index contributed by atoms with van der Waals surface area (Å²) in [5.74, 6) is 0. The number of hydrogen-bond donors (Lipinski definition) is 2. The van der Waals surface area contributed by atoms with Crippen molar-refractivity contribution in [2.24, 2.45) is 0 Å². The summed E-state index contributed by atoms with van der Waals surface area (Å²) in [7, 11) is 1.82. The van der Waals surface area contributed by atoms with Crippen molar-refractivity contribution in [2.45, 2.75) is 12.6 Å². The normalized spacial score (nSPS) is 11.6. The average molecular weight is 267 g/mol. The Morgan fingerprint density at radius 3 is 2.53 bits per heavy atom. The van der Waals surface area contributed by atoms with Crippen molar-refractivity contribution in [1.82, 2.24) is 5.32 Å². The van der Waals surface area contributed by atoms with Gasteiger partial charge in [-0.3, -0.25) is 0 Å². The number of nitrogens with one attached hydrogen (secondary N) is 2. The van der Waals surface area contributed by atoms with Gasteiger partial charge in [-0.15, -0.1) is 0 Å². The molecule has 2 N–H and O–H groups in total. The van der Waals surface area contributed by atoms with Gasteiger partial charge in [0.25, 0.3) is 0 Å². The minimum Gasteiger partial charge on any atom is -0.384 e. The van der Waals surface area contributed by atoms with E-state index in [9.17, 15) is 13.2 Å². The van der Waals surface area contributed by atoms with Gasteiger partial charge in [0.2, 0.25) is 0 Å². The third-order valence-electron chi connectivity index (χ3n) is 2.21. The molecule has 0 fully saturated rings. The Morgan fingerprint density at radius 2 is 1.94 bits per heavy atom. The number of benzene rings is 1. The van der Waals surface area contributed by atoms with E-state index in [1.165, 1.54) is 6.07 Å². The van der Waals surface area contributed by atoms with Crippen molar-refractivity contribution in [2.75, 3.05) is 25.5 Å². The highest BCUT2D eigenvalue weighted by atomic mass is 35.5. The van der Waals surface area contributed by atoms with Gasteiger partial charge in [-0.05, 0) is 38.2 Å². The monoisotopic (exact) mass is 266 g/mol. The van der Waals surface area contributed by atoms with E-state index in [0.29, 0.717) is 17.3 Å². The van der Waals surface area contributed by atoms with Crippen LogP contribution in [-0.4, -0.2) is 20.1 Å². The minimum absolute atomic E-state index is 0.294. The first-order chi connectivity index (χ1) is 7.95. The Morgan fingerprint density at radius 1 is 1.24 bits per heavy atom. The molecule has 0 aliphatic heterocycles. The molecule has 0 spiro atoms. The third-order valence-corrected chi connectivity index (χ3v) is 2.54. The average Bonchev–Trinajstić information content (AvgIpc) is 2.25. The van der Waals surface area contributed by atoms with Crippen LogP contribution in [0.1, 0.15) is 12.0 Å². The quantitative estimate of drug-likeness (QED) is 0.799. The number of anilines is 1. The van der Waals surface area contributed by atoms with Gasteiger partial charge in [0.05, 0.1) is 16.3 Å². The highest BCUT2D eigenvalue weighted by Gasteiger charge is 2.30. The van der Waals surface area contributed by atoms with Crippen molar-refractivity contribution in [3.05, 3.63) is 28.8 Å². The maximum Gasteiger partial charge on any atom is 0.416 e. The molecule has 1 aromatic rings. The zero-order valence-corrected chi connectivity index (χ0v) is 10.1. The molecular weight excluding hydrogens is 253 g/mol. The van der Waals surface area contributed by atoms with Gasteiger partial charge < -0.3 is 10.6 Å². The fourth-order valence-electron chi connectivity index (χ4n) is 1.33. The molecule has 0 radical (unpaired) electrons. The molecule has 0 bridgehead atoms. The summed E-state index contributed by atoms with van der Waals surface area (Å²) in [4.78, 5) is 0. The lowest BCUT2D eigenvalue weighted by Gasteiger charge is -2.12. The zero-order valence-electron chi connectivity index (χ0n) is 9.37. The van der Waals surface area contributed by atoms with Crippen LogP contribution in [0.4, 0.5) is 18.9 Å². The van der Waals surface area contributed by atoms with Crippen molar-refractivity contribution in [1.29, 1.82) is 0 Å². The molecule has 0 heterocycles. The molecule has 17 heavy (non-hydrogen) atoms. The fraction of sp³-hybridized carbons (Fsp3) is 0.455. The van der Waals surface area contributed by atoms with Gasteiger partial charge in [0.15, 0.2) is 0 Å². The number of rotatable bonds is 5. The Labute approximate surface area is 103 Å². The second-order valence-corrected chi connectivity index (χ2v) is 3.98. The van der Waals surface area contributed by atoms with Gasteiger partial charge in [0, 0.05) is 6.54 Å². The van der Waals surface area contributed by atoms with Crippen LogP contribution in [0.15, 0.2) is 18.2 Å². The van der Waals surface area contributed by atoms with E-state index in [1.807, 2.05) is 7.05 Å². The van der Waals surface area contributed by atoms with Crippen LogP contribution in [0, 0.1) is 0 Å². The van der Waals surface area contributed by atoms with Crippen LogP contribution in [0.3, 0.4) is 0 Å². The number of halogens is 4. The van der Waals surface area contributed by atoms with Crippen LogP contribution in [0.5, 0.6) is 0 Å².